The van der Waals surface area contributed by atoms with E-state index in [2.05, 4.69) is 37.9 Å². The molecule has 1 atom stereocenters. The fraction of sp³-hybridized carbons (Fsp3) is 0.533. The van der Waals surface area contributed by atoms with Crippen molar-refractivity contribution in [3.8, 4) is 0 Å². The Labute approximate surface area is 98.9 Å². The fourth-order valence-electron chi connectivity index (χ4n) is 2.33. The minimum absolute atomic E-state index is 0.604. The first-order valence-corrected chi connectivity index (χ1v) is 6.35. The summed E-state index contributed by atoms with van der Waals surface area (Å²) in [5.74, 6) is 1.25. The van der Waals surface area contributed by atoms with Crippen molar-refractivity contribution >= 4 is 11.6 Å². The summed E-state index contributed by atoms with van der Waals surface area (Å²) >= 11 is 0. The Morgan fingerprint density at radius 2 is 2.00 bits per heavy atom. The van der Waals surface area contributed by atoms with Crippen LogP contribution in [0.3, 0.4) is 0 Å². The summed E-state index contributed by atoms with van der Waals surface area (Å²) in [5, 5.41) is 2.54. The lowest BCUT2D eigenvalue weighted by atomic mass is 9.85. The Balaban J connectivity index is 0.000000606. The summed E-state index contributed by atoms with van der Waals surface area (Å²) in [6.45, 7) is 10.8. The van der Waals surface area contributed by atoms with E-state index in [-0.39, 0.29) is 0 Å². The second kappa shape index (κ2) is 5.83. The van der Waals surface area contributed by atoms with Crippen molar-refractivity contribution in [2.24, 2.45) is 11.8 Å². The number of hydrogen-bond donors (Lipinski definition) is 0. The van der Waals surface area contributed by atoms with Crippen LogP contribution in [0.5, 0.6) is 0 Å². The smallest absolute Gasteiger partial charge is 0.0696 e. The molecule has 1 aromatic heterocycles. The van der Waals surface area contributed by atoms with Gasteiger partial charge in [-0.25, -0.2) is 0 Å². The fourth-order valence-corrected chi connectivity index (χ4v) is 2.33. The molecule has 16 heavy (non-hydrogen) atoms. The number of nitrogens with zero attached hydrogens (tertiary/aromatic N) is 1. The van der Waals surface area contributed by atoms with E-state index in [4.69, 9.17) is 0 Å². The maximum atomic E-state index is 4.50. The normalized spacial score (nSPS) is 18.4. The lowest BCUT2D eigenvalue weighted by molar-refractivity contribution is 0.670. The summed E-state index contributed by atoms with van der Waals surface area (Å²) in [6, 6.07) is 4.18. The van der Waals surface area contributed by atoms with Gasteiger partial charge in [-0.1, -0.05) is 46.8 Å². The molecule has 0 saturated carbocycles. The summed E-state index contributed by atoms with van der Waals surface area (Å²) in [5.41, 5.74) is 1.52. The third kappa shape index (κ3) is 2.52. The molecule has 1 unspecified atom stereocenters. The molecule has 1 aliphatic carbocycles. The van der Waals surface area contributed by atoms with Gasteiger partial charge in [0.05, 0.1) is 5.35 Å². The molecule has 1 heterocycles. The first kappa shape index (κ1) is 13.0. The van der Waals surface area contributed by atoms with Gasteiger partial charge in [-0.2, -0.15) is 0 Å². The standard InChI is InChI=1S/C13H17N.C2H6/c1-9(2)12-10(3)6-7-11-5-4-8-14-13(11)12;1-2/h4-5,7-10H,6H2,1-3H3;1-2H3. The number of hydrogen-bond acceptors (Lipinski definition) is 1. The van der Waals surface area contributed by atoms with E-state index in [1.807, 2.05) is 26.1 Å². The maximum absolute atomic E-state index is 4.50. The molecule has 1 nitrogen and oxygen atoms in total. The van der Waals surface area contributed by atoms with Crippen LogP contribution in [0, 0.1) is 11.8 Å². The van der Waals surface area contributed by atoms with Gasteiger partial charge in [0.1, 0.15) is 0 Å². The Hall–Kier alpha value is -1.11. The molecule has 0 bridgehead atoms. The van der Waals surface area contributed by atoms with Crippen molar-refractivity contribution in [3.05, 3.63) is 28.9 Å². The molecule has 1 heteroatoms. The lowest BCUT2D eigenvalue weighted by Gasteiger charge is -2.20. The predicted octanol–water partition coefficient (Wildman–Crippen LogP) is 2.73. The Bertz CT molecular complexity index is 443. The highest BCUT2D eigenvalue weighted by atomic mass is 14.6. The number of fused-ring (bicyclic) bond motifs is 1. The van der Waals surface area contributed by atoms with Crippen LogP contribution < -0.4 is 10.6 Å². The minimum atomic E-state index is 0.604. The van der Waals surface area contributed by atoms with Crippen molar-refractivity contribution in [1.29, 1.82) is 0 Å². The number of rotatable bonds is 1. The average Bonchev–Trinajstić information content (AvgIpc) is 2.31. The third-order valence-corrected chi connectivity index (χ3v) is 2.96. The summed E-state index contributed by atoms with van der Waals surface area (Å²) in [6.07, 6.45) is 5.36. The zero-order chi connectivity index (χ0) is 12.1. The zero-order valence-corrected chi connectivity index (χ0v) is 11.1. The molecule has 0 N–H and O–H groups in total. The minimum Gasteiger partial charge on any atom is -0.256 e. The molecule has 0 saturated heterocycles. The maximum Gasteiger partial charge on any atom is 0.0696 e. The number of aromatic nitrogens is 1. The van der Waals surface area contributed by atoms with Crippen molar-refractivity contribution in [2.45, 2.75) is 41.0 Å². The third-order valence-electron chi connectivity index (χ3n) is 2.96. The topological polar surface area (TPSA) is 12.9 Å². The Morgan fingerprint density at radius 3 is 2.62 bits per heavy atom. The Kier molecular flexibility index (Phi) is 4.72. The average molecular weight is 217 g/mol. The van der Waals surface area contributed by atoms with Crippen LogP contribution in [0.25, 0.3) is 11.6 Å². The largest absolute Gasteiger partial charge is 0.256 e. The van der Waals surface area contributed by atoms with Crippen LogP contribution in [0.4, 0.5) is 0 Å². The molecular weight excluding hydrogens is 194 g/mol. The van der Waals surface area contributed by atoms with Gasteiger partial charge in [-0.3, -0.25) is 4.98 Å². The second-order valence-electron chi connectivity index (χ2n) is 4.39. The van der Waals surface area contributed by atoms with E-state index in [0.717, 1.165) is 6.42 Å². The van der Waals surface area contributed by atoms with E-state index in [1.54, 1.807) is 0 Å². The van der Waals surface area contributed by atoms with Gasteiger partial charge < -0.3 is 0 Å². The van der Waals surface area contributed by atoms with Crippen LogP contribution in [0.15, 0.2) is 18.3 Å². The number of pyridine rings is 1. The van der Waals surface area contributed by atoms with E-state index in [9.17, 15) is 0 Å². The molecule has 0 fully saturated rings. The van der Waals surface area contributed by atoms with E-state index in [1.165, 1.54) is 16.1 Å². The second-order valence-corrected chi connectivity index (χ2v) is 4.39. The lowest BCUT2D eigenvalue weighted by Crippen LogP contribution is -2.36. The zero-order valence-electron chi connectivity index (χ0n) is 11.1. The highest BCUT2D eigenvalue weighted by Crippen LogP contribution is 2.23. The van der Waals surface area contributed by atoms with Crippen molar-refractivity contribution in [2.75, 3.05) is 0 Å². The predicted molar refractivity (Wildman–Crippen MR) is 71.3 cm³/mol. The van der Waals surface area contributed by atoms with Crippen LogP contribution >= 0.6 is 0 Å². The molecule has 1 aliphatic rings. The van der Waals surface area contributed by atoms with E-state index >= 15 is 0 Å². The monoisotopic (exact) mass is 217 g/mol. The van der Waals surface area contributed by atoms with Crippen molar-refractivity contribution in [1.82, 2.24) is 4.98 Å². The van der Waals surface area contributed by atoms with Crippen LogP contribution in [0.2, 0.25) is 0 Å². The van der Waals surface area contributed by atoms with Crippen molar-refractivity contribution in [3.63, 3.8) is 0 Å². The highest BCUT2D eigenvalue weighted by molar-refractivity contribution is 5.53. The van der Waals surface area contributed by atoms with Gasteiger partial charge >= 0.3 is 0 Å². The van der Waals surface area contributed by atoms with E-state index in [0.29, 0.717) is 11.8 Å². The quantitative estimate of drug-likeness (QED) is 0.705. The van der Waals surface area contributed by atoms with Crippen molar-refractivity contribution < 1.29 is 0 Å². The molecule has 0 aliphatic heterocycles. The molecule has 1 aromatic rings. The summed E-state index contributed by atoms with van der Waals surface area (Å²) in [7, 11) is 0. The van der Waals surface area contributed by atoms with Gasteiger partial charge in [-0.05, 0) is 35.1 Å². The summed E-state index contributed by atoms with van der Waals surface area (Å²) in [4.78, 5) is 4.50. The van der Waals surface area contributed by atoms with E-state index < -0.39 is 0 Å². The first-order chi connectivity index (χ1) is 7.70. The molecule has 0 amide bonds. The molecule has 2 rings (SSSR count). The highest BCUT2D eigenvalue weighted by Gasteiger charge is 2.16. The molecule has 88 valence electrons. The molecular formula is C15H23N. The SMILES string of the molecule is CC.CC(C)C1=c2ncccc2=CCC1C. The van der Waals surface area contributed by atoms with Crippen LogP contribution in [-0.2, 0) is 0 Å². The summed E-state index contributed by atoms with van der Waals surface area (Å²) < 4.78 is 0. The molecule has 0 aromatic carbocycles. The van der Waals surface area contributed by atoms with Crippen LogP contribution in [0.1, 0.15) is 41.0 Å². The van der Waals surface area contributed by atoms with Gasteiger partial charge in [0.15, 0.2) is 0 Å². The molecule has 0 radical (unpaired) electrons. The molecule has 0 spiro atoms. The van der Waals surface area contributed by atoms with Crippen LogP contribution in [-0.4, -0.2) is 4.98 Å². The van der Waals surface area contributed by atoms with Gasteiger partial charge in [0.25, 0.3) is 0 Å². The van der Waals surface area contributed by atoms with Gasteiger partial charge in [0.2, 0.25) is 0 Å². The Morgan fingerprint density at radius 1 is 1.31 bits per heavy atom. The first-order valence-electron chi connectivity index (χ1n) is 6.35. The van der Waals surface area contributed by atoms with Gasteiger partial charge in [-0.15, -0.1) is 0 Å². The van der Waals surface area contributed by atoms with Gasteiger partial charge in [0, 0.05) is 6.20 Å².